The number of hydrogen-bond acceptors (Lipinski definition) is 3. The topological polar surface area (TPSA) is 29.1 Å². The fourth-order valence-electron chi connectivity index (χ4n) is 3.29. The molecular formula is C20H19NOS. The number of nitrogens with one attached hydrogen (secondary N) is 1. The molecule has 4 rings (SSSR count). The van der Waals surface area contributed by atoms with Gasteiger partial charge in [0.05, 0.1) is 10.9 Å². The molecule has 0 amide bonds. The Bertz CT molecular complexity index is 792. The molecule has 0 spiro atoms. The van der Waals surface area contributed by atoms with Gasteiger partial charge in [-0.05, 0) is 37.5 Å². The molecule has 2 aromatic rings. The molecular weight excluding hydrogens is 302 g/mol. The summed E-state index contributed by atoms with van der Waals surface area (Å²) in [7, 11) is 0. The summed E-state index contributed by atoms with van der Waals surface area (Å²) in [4.78, 5) is 13.9. The number of anilines is 1. The number of fused-ring (bicyclic) bond motifs is 1. The summed E-state index contributed by atoms with van der Waals surface area (Å²) in [6.07, 6.45) is 2.57. The van der Waals surface area contributed by atoms with Crippen molar-refractivity contribution in [3.63, 3.8) is 0 Å². The van der Waals surface area contributed by atoms with Crippen LogP contribution in [-0.4, -0.2) is 5.78 Å². The molecule has 1 N–H and O–H groups in total. The number of ketones is 1. The second kappa shape index (κ2) is 5.89. The third-order valence-corrected chi connectivity index (χ3v) is 5.87. The number of thioether (sulfide) groups is 1. The maximum absolute atomic E-state index is 12.7. The van der Waals surface area contributed by atoms with E-state index in [-0.39, 0.29) is 5.25 Å². The third-order valence-electron chi connectivity index (χ3n) is 4.52. The van der Waals surface area contributed by atoms with Crippen molar-refractivity contribution in [2.45, 2.75) is 36.3 Å². The van der Waals surface area contributed by atoms with Gasteiger partial charge in [-0.1, -0.05) is 42.0 Å². The van der Waals surface area contributed by atoms with Crippen LogP contribution in [0.1, 0.15) is 35.6 Å². The molecule has 23 heavy (non-hydrogen) atoms. The number of hydrogen-bond donors (Lipinski definition) is 1. The minimum Gasteiger partial charge on any atom is -0.358 e. The lowest BCUT2D eigenvalue weighted by Gasteiger charge is -2.24. The molecule has 116 valence electrons. The van der Waals surface area contributed by atoms with Crippen LogP contribution < -0.4 is 5.32 Å². The molecule has 0 fully saturated rings. The number of para-hydroxylation sites is 1. The number of benzene rings is 2. The Morgan fingerprint density at radius 2 is 1.83 bits per heavy atom. The van der Waals surface area contributed by atoms with Crippen LogP contribution in [0.2, 0.25) is 0 Å². The maximum Gasteiger partial charge on any atom is 0.162 e. The zero-order valence-corrected chi connectivity index (χ0v) is 14.0. The Kier molecular flexibility index (Phi) is 3.74. The van der Waals surface area contributed by atoms with E-state index >= 15 is 0 Å². The maximum atomic E-state index is 12.7. The fourth-order valence-corrected chi connectivity index (χ4v) is 4.64. The minimum absolute atomic E-state index is 0.0783. The molecule has 2 aliphatic rings. The lowest BCUT2D eigenvalue weighted by Crippen LogP contribution is -2.19. The van der Waals surface area contributed by atoms with E-state index in [0.29, 0.717) is 12.2 Å². The van der Waals surface area contributed by atoms with Crippen molar-refractivity contribution in [2.24, 2.45) is 0 Å². The Hall–Kier alpha value is -2.00. The van der Waals surface area contributed by atoms with Gasteiger partial charge in [-0.15, -0.1) is 11.8 Å². The molecule has 2 aromatic carbocycles. The van der Waals surface area contributed by atoms with Gasteiger partial charge in [0.25, 0.3) is 0 Å². The Morgan fingerprint density at radius 3 is 2.65 bits per heavy atom. The first-order chi connectivity index (χ1) is 11.2. The molecule has 0 saturated carbocycles. The van der Waals surface area contributed by atoms with Crippen LogP contribution in [0.4, 0.5) is 5.69 Å². The van der Waals surface area contributed by atoms with Crippen LogP contribution in [0.25, 0.3) is 0 Å². The summed E-state index contributed by atoms with van der Waals surface area (Å²) in [6, 6.07) is 16.9. The van der Waals surface area contributed by atoms with E-state index in [1.807, 2.05) is 6.07 Å². The number of carbonyl (C=O) groups excluding carboxylic acids is 1. The number of Topliss-reactive ketones (excluding diaryl/α,β-unsaturated/α-hetero) is 1. The van der Waals surface area contributed by atoms with Crippen LogP contribution in [0.5, 0.6) is 0 Å². The molecule has 0 bridgehead atoms. The highest BCUT2D eigenvalue weighted by molar-refractivity contribution is 8.00. The SMILES string of the molecule is Cc1ccc(C2Sc3ccccc3NC3=C2C(=O)CCC3)cc1. The van der Waals surface area contributed by atoms with Gasteiger partial charge < -0.3 is 5.32 Å². The lowest BCUT2D eigenvalue weighted by molar-refractivity contribution is -0.116. The quantitative estimate of drug-likeness (QED) is 0.776. The van der Waals surface area contributed by atoms with Crippen molar-refractivity contribution in [2.75, 3.05) is 5.32 Å². The first-order valence-electron chi connectivity index (χ1n) is 8.08. The highest BCUT2D eigenvalue weighted by Gasteiger charge is 2.32. The minimum atomic E-state index is 0.0783. The predicted molar refractivity (Wildman–Crippen MR) is 95.7 cm³/mol. The van der Waals surface area contributed by atoms with E-state index in [9.17, 15) is 4.79 Å². The zero-order chi connectivity index (χ0) is 15.8. The van der Waals surface area contributed by atoms with Crippen LogP contribution >= 0.6 is 11.8 Å². The van der Waals surface area contributed by atoms with Crippen molar-refractivity contribution in [1.82, 2.24) is 0 Å². The molecule has 1 atom stereocenters. The van der Waals surface area contributed by atoms with Crippen molar-refractivity contribution < 1.29 is 4.79 Å². The van der Waals surface area contributed by atoms with E-state index in [1.165, 1.54) is 16.0 Å². The zero-order valence-electron chi connectivity index (χ0n) is 13.1. The van der Waals surface area contributed by atoms with E-state index in [0.717, 1.165) is 29.8 Å². The molecule has 1 aliphatic carbocycles. The van der Waals surface area contributed by atoms with Gasteiger partial charge in [-0.25, -0.2) is 0 Å². The first kappa shape index (κ1) is 14.6. The predicted octanol–water partition coefficient (Wildman–Crippen LogP) is 5.26. The average Bonchev–Trinajstić information content (AvgIpc) is 2.73. The van der Waals surface area contributed by atoms with Gasteiger partial charge in [0, 0.05) is 22.6 Å². The van der Waals surface area contributed by atoms with E-state index < -0.39 is 0 Å². The molecule has 0 saturated heterocycles. The van der Waals surface area contributed by atoms with Gasteiger partial charge in [0.15, 0.2) is 5.78 Å². The molecule has 1 aliphatic heterocycles. The Morgan fingerprint density at radius 1 is 1.04 bits per heavy atom. The summed E-state index contributed by atoms with van der Waals surface area (Å²) in [5, 5.41) is 3.62. The van der Waals surface area contributed by atoms with Crippen LogP contribution in [0, 0.1) is 6.92 Å². The van der Waals surface area contributed by atoms with Crippen molar-refractivity contribution in [1.29, 1.82) is 0 Å². The molecule has 0 aromatic heterocycles. The second-order valence-electron chi connectivity index (χ2n) is 6.20. The molecule has 3 heteroatoms. The van der Waals surface area contributed by atoms with Gasteiger partial charge in [-0.2, -0.15) is 0 Å². The first-order valence-corrected chi connectivity index (χ1v) is 8.96. The van der Waals surface area contributed by atoms with E-state index in [2.05, 4.69) is 54.7 Å². The summed E-state index contributed by atoms with van der Waals surface area (Å²) in [6.45, 7) is 2.09. The molecule has 1 heterocycles. The Balaban J connectivity index is 1.86. The second-order valence-corrected chi connectivity index (χ2v) is 7.35. The smallest absolute Gasteiger partial charge is 0.162 e. The third kappa shape index (κ3) is 2.70. The number of aryl methyl sites for hydroxylation is 1. The van der Waals surface area contributed by atoms with Crippen molar-refractivity contribution >= 4 is 23.2 Å². The summed E-state index contributed by atoms with van der Waals surface area (Å²) in [5.74, 6) is 0.296. The standard InChI is InChI=1S/C20H19NOS/c1-13-9-11-14(12-10-13)20-19-16(6-4-7-17(19)22)21-15-5-2-3-8-18(15)23-20/h2-3,5,8-12,20-21H,4,6-7H2,1H3. The highest BCUT2D eigenvalue weighted by atomic mass is 32.2. The lowest BCUT2D eigenvalue weighted by atomic mass is 9.89. The van der Waals surface area contributed by atoms with Crippen molar-refractivity contribution in [3.05, 3.63) is 70.9 Å². The van der Waals surface area contributed by atoms with E-state index in [4.69, 9.17) is 0 Å². The van der Waals surface area contributed by atoms with Gasteiger partial charge in [-0.3, -0.25) is 4.79 Å². The van der Waals surface area contributed by atoms with Gasteiger partial charge in [0.1, 0.15) is 0 Å². The summed E-state index contributed by atoms with van der Waals surface area (Å²) in [5.41, 5.74) is 5.66. The fraction of sp³-hybridized carbons (Fsp3) is 0.250. The van der Waals surface area contributed by atoms with Crippen LogP contribution in [0.3, 0.4) is 0 Å². The highest BCUT2D eigenvalue weighted by Crippen LogP contribution is 2.49. The number of carbonyl (C=O) groups is 1. The number of allylic oxidation sites excluding steroid dienone is 1. The van der Waals surface area contributed by atoms with Gasteiger partial charge >= 0.3 is 0 Å². The van der Waals surface area contributed by atoms with Crippen molar-refractivity contribution in [3.8, 4) is 0 Å². The summed E-state index contributed by atoms with van der Waals surface area (Å²) < 4.78 is 0. The monoisotopic (exact) mass is 321 g/mol. The summed E-state index contributed by atoms with van der Waals surface area (Å²) >= 11 is 1.79. The van der Waals surface area contributed by atoms with Crippen LogP contribution in [0.15, 0.2) is 64.7 Å². The molecule has 2 nitrogen and oxygen atoms in total. The van der Waals surface area contributed by atoms with E-state index in [1.54, 1.807) is 11.8 Å². The number of rotatable bonds is 1. The normalized spacial score (nSPS) is 20.4. The molecule has 0 radical (unpaired) electrons. The van der Waals surface area contributed by atoms with Gasteiger partial charge in [0.2, 0.25) is 0 Å². The average molecular weight is 321 g/mol. The van der Waals surface area contributed by atoms with Crippen LogP contribution in [-0.2, 0) is 4.79 Å². The largest absolute Gasteiger partial charge is 0.358 e. The molecule has 1 unspecified atom stereocenters. The Labute approximate surface area is 141 Å².